The van der Waals surface area contributed by atoms with Gasteiger partial charge in [-0.2, -0.15) is 0 Å². The number of nitrogens with one attached hydrogen (secondary N) is 2. The number of esters is 1. The third kappa shape index (κ3) is 5.74. The summed E-state index contributed by atoms with van der Waals surface area (Å²) in [7, 11) is 0. The van der Waals surface area contributed by atoms with Gasteiger partial charge >= 0.3 is 5.97 Å². The quantitative estimate of drug-likeness (QED) is 0.348. The van der Waals surface area contributed by atoms with E-state index in [4.69, 9.17) is 15.9 Å². The van der Waals surface area contributed by atoms with Crippen LogP contribution in [0.25, 0.3) is 0 Å². The van der Waals surface area contributed by atoms with Gasteiger partial charge in [-0.3, -0.25) is 10.2 Å². The average molecular weight is 383 g/mol. The zero-order valence-corrected chi connectivity index (χ0v) is 17.1. The smallest absolute Gasteiger partial charge is 0.302 e. The molecule has 0 saturated heterocycles. The molecule has 0 aliphatic carbocycles. The summed E-state index contributed by atoms with van der Waals surface area (Å²) in [6.45, 7) is 9.83. The fourth-order valence-corrected chi connectivity index (χ4v) is 3.13. The van der Waals surface area contributed by atoms with Gasteiger partial charge in [0.1, 0.15) is 12.4 Å². The van der Waals surface area contributed by atoms with E-state index in [0.29, 0.717) is 5.56 Å². The Balaban J connectivity index is 2.34. The SMILES string of the molecule is CCN(CC)c1cc(C)cc(C(COC(C)=O)Nc2ccc(C(=N)N)cc2)c1. The highest BCUT2D eigenvalue weighted by Gasteiger charge is 2.16. The maximum absolute atomic E-state index is 11.4. The molecule has 2 rings (SSSR count). The minimum Gasteiger partial charge on any atom is -0.463 e. The Kier molecular flexibility index (Phi) is 7.44. The lowest BCUT2D eigenvalue weighted by Gasteiger charge is -2.25. The van der Waals surface area contributed by atoms with Crippen LogP contribution in [0.3, 0.4) is 0 Å². The van der Waals surface area contributed by atoms with Crippen LogP contribution in [0.5, 0.6) is 0 Å². The number of carbonyl (C=O) groups is 1. The first kappa shape index (κ1) is 21.3. The number of aryl methyl sites for hydroxylation is 1. The zero-order chi connectivity index (χ0) is 20.7. The summed E-state index contributed by atoms with van der Waals surface area (Å²) in [6, 6.07) is 13.6. The van der Waals surface area contributed by atoms with Crippen molar-refractivity contribution in [3.05, 3.63) is 59.2 Å². The molecule has 1 unspecified atom stereocenters. The van der Waals surface area contributed by atoms with Crippen LogP contribution < -0.4 is 16.0 Å². The third-order valence-corrected chi connectivity index (χ3v) is 4.61. The summed E-state index contributed by atoms with van der Waals surface area (Å²) in [6.07, 6.45) is 0. The topological polar surface area (TPSA) is 91.4 Å². The molecular weight excluding hydrogens is 352 g/mol. The molecule has 0 bridgehead atoms. The first-order valence-corrected chi connectivity index (χ1v) is 9.54. The minimum atomic E-state index is -0.310. The average Bonchev–Trinajstić information content (AvgIpc) is 2.66. The number of hydrogen-bond acceptors (Lipinski definition) is 5. The van der Waals surface area contributed by atoms with E-state index in [1.165, 1.54) is 6.92 Å². The molecule has 6 nitrogen and oxygen atoms in total. The van der Waals surface area contributed by atoms with Crippen molar-refractivity contribution in [2.24, 2.45) is 5.73 Å². The second-order valence-electron chi connectivity index (χ2n) is 6.76. The van der Waals surface area contributed by atoms with Crippen LogP contribution in [0.4, 0.5) is 11.4 Å². The molecule has 1 atom stereocenters. The number of nitrogens with two attached hydrogens (primary N) is 1. The number of anilines is 2. The molecule has 0 aliphatic heterocycles. The van der Waals surface area contributed by atoms with E-state index >= 15 is 0 Å². The fraction of sp³-hybridized carbons (Fsp3) is 0.364. The third-order valence-electron chi connectivity index (χ3n) is 4.61. The fourth-order valence-electron chi connectivity index (χ4n) is 3.13. The largest absolute Gasteiger partial charge is 0.463 e. The highest BCUT2D eigenvalue weighted by molar-refractivity contribution is 5.95. The van der Waals surface area contributed by atoms with Gasteiger partial charge < -0.3 is 20.7 Å². The maximum Gasteiger partial charge on any atom is 0.302 e. The summed E-state index contributed by atoms with van der Waals surface area (Å²) < 4.78 is 5.32. The molecule has 4 N–H and O–H groups in total. The molecule has 150 valence electrons. The van der Waals surface area contributed by atoms with E-state index in [9.17, 15) is 4.79 Å². The predicted molar refractivity (Wildman–Crippen MR) is 115 cm³/mol. The van der Waals surface area contributed by atoms with Crippen molar-refractivity contribution in [1.29, 1.82) is 5.41 Å². The summed E-state index contributed by atoms with van der Waals surface area (Å²) in [5.41, 5.74) is 10.4. The number of carbonyl (C=O) groups excluding carboxylic acids is 1. The molecule has 0 heterocycles. The number of ether oxygens (including phenoxy) is 1. The van der Waals surface area contributed by atoms with Crippen LogP contribution in [-0.2, 0) is 9.53 Å². The minimum absolute atomic E-state index is 0.0329. The lowest BCUT2D eigenvalue weighted by Crippen LogP contribution is -2.23. The van der Waals surface area contributed by atoms with Gasteiger partial charge in [-0.1, -0.05) is 6.07 Å². The molecule has 2 aromatic rings. The Labute approximate surface area is 167 Å². The molecule has 28 heavy (non-hydrogen) atoms. The van der Waals surface area contributed by atoms with E-state index in [2.05, 4.69) is 49.2 Å². The van der Waals surface area contributed by atoms with Gasteiger partial charge in [0, 0.05) is 37.0 Å². The van der Waals surface area contributed by atoms with Crippen molar-refractivity contribution in [2.45, 2.75) is 33.7 Å². The van der Waals surface area contributed by atoms with E-state index in [1.54, 1.807) is 12.1 Å². The van der Waals surface area contributed by atoms with E-state index in [0.717, 1.165) is 35.6 Å². The monoisotopic (exact) mass is 382 g/mol. The summed E-state index contributed by atoms with van der Waals surface area (Å²) in [5.74, 6) is -0.277. The lowest BCUT2D eigenvalue weighted by atomic mass is 10.0. The number of hydrogen-bond donors (Lipinski definition) is 3. The molecule has 0 fully saturated rings. The van der Waals surface area contributed by atoms with Crippen LogP contribution in [0.15, 0.2) is 42.5 Å². The van der Waals surface area contributed by atoms with E-state index < -0.39 is 0 Å². The Morgan fingerprint density at radius 3 is 2.36 bits per heavy atom. The Morgan fingerprint density at radius 1 is 1.18 bits per heavy atom. The maximum atomic E-state index is 11.4. The molecule has 0 aliphatic rings. The molecule has 0 spiro atoms. The Hall–Kier alpha value is -3.02. The molecule has 0 saturated carbocycles. The van der Waals surface area contributed by atoms with Crippen molar-refractivity contribution in [3.63, 3.8) is 0 Å². The Bertz CT molecular complexity index is 814. The second kappa shape index (κ2) is 9.78. The summed E-state index contributed by atoms with van der Waals surface area (Å²) >= 11 is 0. The van der Waals surface area contributed by atoms with Gasteiger partial charge in [-0.25, -0.2) is 0 Å². The van der Waals surface area contributed by atoms with Crippen LogP contribution >= 0.6 is 0 Å². The van der Waals surface area contributed by atoms with Crippen molar-refractivity contribution in [2.75, 3.05) is 29.9 Å². The zero-order valence-electron chi connectivity index (χ0n) is 17.1. The molecule has 2 aromatic carbocycles. The summed E-state index contributed by atoms with van der Waals surface area (Å²) in [5, 5.41) is 11.0. The number of benzene rings is 2. The molecular formula is C22H30N4O2. The van der Waals surface area contributed by atoms with Crippen LogP contribution in [-0.4, -0.2) is 31.5 Å². The predicted octanol–water partition coefficient (Wildman–Crippen LogP) is 3.84. The molecule has 0 amide bonds. The van der Waals surface area contributed by atoms with Gasteiger partial charge in [0.2, 0.25) is 0 Å². The molecule has 0 radical (unpaired) electrons. The van der Waals surface area contributed by atoms with Gasteiger partial charge in [0.15, 0.2) is 0 Å². The summed E-state index contributed by atoms with van der Waals surface area (Å²) in [4.78, 5) is 13.7. The standard InChI is InChI=1S/C22H30N4O2/c1-5-26(6-2)20-12-15(3)11-18(13-20)21(14-28-16(4)27)25-19-9-7-17(8-10-19)22(23)24/h7-13,21,25H,5-6,14H2,1-4H3,(H3,23,24). The highest BCUT2D eigenvalue weighted by atomic mass is 16.5. The normalized spacial score (nSPS) is 11.6. The van der Waals surface area contributed by atoms with Crippen LogP contribution in [0.2, 0.25) is 0 Å². The first-order valence-electron chi connectivity index (χ1n) is 9.54. The van der Waals surface area contributed by atoms with Crippen LogP contribution in [0.1, 0.15) is 43.5 Å². The van der Waals surface area contributed by atoms with Gasteiger partial charge in [0.05, 0.1) is 6.04 Å². The van der Waals surface area contributed by atoms with Gasteiger partial charge in [-0.05, 0) is 68.3 Å². The first-order chi connectivity index (χ1) is 13.3. The van der Waals surface area contributed by atoms with Gasteiger partial charge in [-0.15, -0.1) is 0 Å². The van der Waals surface area contributed by atoms with Crippen molar-refractivity contribution < 1.29 is 9.53 Å². The second-order valence-corrected chi connectivity index (χ2v) is 6.76. The number of amidine groups is 1. The van der Waals surface area contributed by atoms with Crippen molar-refractivity contribution >= 4 is 23.2 Å². The molecule has 0 aromatic heterocycles. The number of nitrogen functional groups attached to an aromatic ring is 1. The molecule has 6 heteroatoms. The van der Waals surface area contributed by atoms with Crippen molar-refractivity contribution in [1.82, 2.24) is 0 Å². The highest BCUT2D eigenvalue weighted by Crippen LogP contribution is 2.26. The van der Waals surface area contributed by atoms with Crippen LogP contribution in [0, 0.1) is 12.3 Å². The number of nitrogens with zero attached hydrogens (tertiary/aromatic N) is 1. The van der Waals surface area contributed by atoms with E-state index in [1.807, 2.05) is 12.1 Å². The Morgan fingerprint density at radius 2 is 1.82 bits per heavy atom. The lowest BCUT2D eigenvalue weighted by molar-refractivity contribution is -0.141. The van der Waals surface area contributed by atoms with Crippen molar-refractivity contribution in [3.8, 4) is 0 Å². The van der Waals surface area contributed by atoms with Gasteiger partial charge in [0.25, 0.3) is 0 Å². The number of rotatable bonds is 9. The van der Waals surface area contributed by atoms with E-state index in [-0.39, 0.29) is 24.5 Å².